The average Bonchev–Trinajstić information content (AvgIpc) is 3.25. The Morgan fingerprint density at radius 3 is 2.39 bits per heavy atom. The summed E-state index contributed by atoms with van der Waals surface area (Å²) in [7, 11) is 0. The molecule has 0 heterocycles. The van der Waals surface area contributed by atoms with Crippen molar-refractivity contribution in [3.63, 3.8) is 0 Å². The van der Waals surface area contributed by atoms with Crippen LogP contribution in [0.4, 0.5) is 0 Å². The lowest BCUT2D eigenvalue weighted by Gasteiger charge is -2.24. The summed E-state index contributed by atoms with van der Waals surface area (Å²) in [6.45, 7) is 2.24. The van der Waals surface area contributed by atoms with E-state index in [4.69, 9.17) is 5.73 Å². The molecular formula is C17H25N. The number of rotatable bonds is 6. The van der Waals surface area contributed by atoms with Gasteiger partial charge in [0.1, 0.15) is 0 Å². The van der Waals surface area contributed by atoms with Crippen LogP contribution in [0.25, 0.3) is 0 Å². The summed E-state index contributed by atoms with van der Waals surface area (Å²) in [5, 5.41) is 0. The smallest absolute Gasteiger partial charge is 0.0328 e. The maximum atomic E-state index is 6.59. The van der Waals surface area contributed by atoms with Crippen LogP contribution in [-0.4, -0.2) is 0 Å². The van der Waals surface area contributed by atoms with Gasteiger partial charge in [-0.1, -0.05) is 37.6 Å². The molecule has 2 aliphatic carbocycles. The summed E-state index contributed by atoms with van der Waals surface area (Å²) >= 11 is 0. The zero-order valence-electron chi connectivity index (χ0n) is 11.4. The minimum Gasteiger partial charge on any atom is -0.324 e. The van der Waals surface area contributed by atoms with Crippen LogP contribution in [0.3, 0.4) is 0 Å². The predicted molar refractivity (Wildman–Crippen MR) is 76.3 cm³/mol. The second-order valence-electron chi connectivity index (χ2n) is 6.27. The molecule has 18 heavy (non-hydrogen) atoms. The summed E-state index contributed by atoms with van der Waals surface area (Å²) in [5.74, 6) is 2.63. The third kappa shape index (κ3) is 2.61. The van der Waals surface area contributed by atoms with Gasteiger partial charge >= 0.3 is 0 Å². The molecule has 0 bridgehead atoms. The van der Waals surface area contributed by atoms with Gasteiger partial charge < -0.3 is 5.73 Å². The van der Waals surface area contributed by atoms with Crippen molar-refractivity contribution in [2.24, 2.45) is 23.5 Å². The molecule has 2 aliphatic rings. The molecule has 0 saturated heterocycles. The zero-order chi connectivity index (χ0) is 12.5. The molecule has 2 N–H and O–H groups in total. The van der Waals surface area contributed by atoms with Crippen molar-refractivity contribution in [3.05, 3.63) is 35.4 Å². The first-order chi connectivity index (χ1) is 8.79. The topological polar surface area (TPSA) is 26.0 Å². The van der Waals surface area contributed by atoms with Gasteiger partial charge in [0.05, 0.1) is 0 Å². The summed E-state index contributed by atoms with van der Waals surface area (Å²) in [4.78, 5) is 0. The Balaban J connectivity index is 1.77. The minimum absolute atomic E-state index is 0.279. The van der Waals surface area contributed by atoms with Crippen molar-refractivity contribution < 1.29 is 0 Å². The minimum atomic E-state index is 0.279. The van der Waals surface area contributed by atoms with Gasteiger partial charge in [-0.25, -0.2) is 0 Å². The van der Waals surface area contributed by atoms with Crippen LogP contribution in [0.5, 0.6) is 0 Å². The molecule has 0 amide bonds. The Labute approximate surface area is 111 Å². The van der Waals surface area contributed by atoms with E-state index in [-0.39, 0.29) is 6.04 Å². The Morgan fingerprint density at radius 2 is 1.83 bits per heavy atom. The molecule has 2 fully saturated rings. The van der Waals surface area contributed by atoms with Crippen molar-refractivity contribution in [2.45, 2.75) is 51.5 Å². The molecule has 0 aliphatic heterocycles. The van der Waals surface area contributed by atoms with Gasteiger partial charge in [-0.3, -0.25) is 0 Å². The second kappa shape index (κ2) is 5.05. The highest BCUT2D eigenvalue weighted by Gasteiger charge is 2.44. The van der Waals surface area contributed by atoms with Gasteiger partial charge in [0.25, 0.3) is 0 Å². The van der Waals surface area contributed by atoms with E-state index in [1.165, 1.54) is 49.7 Å². The van der Waals surface area contributed by atoms with E-state index in [0.717, 1.165) is 17.8 Å². The van der Waals surface area contributed by atoms with Crippen LogP contribution in [0.2, 0.25) is 0 Å². The normalized spacial score (nSPS) is 21.3. The summed E-state index contributed by atoms with van der Waals surface area (Å²) in [6, 6.07) is 9.30. The molecule has 1 aromatic rings. The van der Waals surface area contributed by atoms with E-state index in [1.54, 1.807) is 0 Å². The van der Waals surface area contributed by atoms with Crippen LogP contribution < -0.4 is 5.73 Å². The van der Waals surface area contributed by atoms with Gasteiger partial charge in [0, 0.05) is 6.04 Å². The standard InChI is InChI=1S/C17H25N/c1-2-4-12-5-3-6-15(11-12)17(18)16(13-7-8-13)14-9-10-14/h3,5-6,11,13-14,16-17H,2,4,7-10,18H2,1H3. The molecule has 1 heteroatoms. The Bertz CT molecular complexity index is 392. The molecule has 2 saturated carbocycles. The molecule has 0 aromatic heterocycles. The number of benzene rings is 1. The molecule has 1 aromatic carbocycles. The first-order valence-corrected chi connectivity index (χ1v) is 7.64. The highest BCUT2D eigenvalue weighted by Crippen LogP contribution is 2.53. The van der Waals surface area contributed by atoms with Crippen LogP contribution in [-0.2, 0) is 6.42 Å². The second-order valence-corrected chi connectivity index (χ2v) is 6.27. The van der Waals surface area contributed by atoms with E-state index in [1.807, 2.05) is 0 Å². The van der Waals surface area contributed by atoms with Crippen molar-refractivity contribution in [2.75, 3.05) is 0 Å². The van der Waals surface area contributed by atoms with Gasteiger partial charge in [0.15, 0.2) is 0 Å². The molecular weight excluding hydrogens is 218 g/mol. The van der Waals surface area contributed by atoms with Crippen LogP contribution >= 0.6 is 0 Å². The van der Waals surface area contributed by atoms with Crippen LogP contribution in [0.15, 0.2) is 24.3 Å². The summed E-state index contributed by atoms with van der Waals surface area (Å²) in [5.41, 5.74) is 9.42. The van der Waals surface area contributed by atoms with E-state index in [2.05, 4.69) is 31.2 Å². The fraction of sp³-hybridized carbons (Fsp3) is 0.647. The predicted octanol–water partition coefficient (Wildman–Crippen LogP) is 4.08. The summed E-state index contributed by atoms with van der Waals surface area (Å²) in [6.07, 6.45) is 8.07. The largest absolute Gasteiger partial charge is 0.324 e. The van der Waals surface area contributed by atoms with Crippen molar-refractivity contribution in [1.29, 1.82) is 0 Å². The summed E-state index contributed by atoms with van der Waals surface area (Å²) < 4.78 is 0. The Kier molecular flexibility index (Phi) is 3.43. The van der Waals surface area contributed by atoms with E-state index >= 15 is 0 Å². The molecule has 1 nitrogen and oxygen atoms in total. The zero-order valence-corrected chi connectivity index (χ0v) is 11.4. The van der Waals surface area contributed by atoms with Gasteiger partial charge in [-0.15, -0.1) is 0 Å². The quantitative estimate of drug-likeness (QED) is 0.800. The molecule has 0 radical (unpaired) electrons. The van der Waals surface area contributed by atoms with E-state index in [0.29, 0.717) is 0 Å². The van der Waals surface area contributed by atoms with Gasteiger partial charge in [-0.2, -0.15) is 0 Å². The maximum absolute atomic E-state index is 6.59. The Hall–Kier alpha value is -0.820. The molecule has 0 spiro atoms. The first kappa shape index (κ1) is 12.2. The number of hydrogen-bond acceptors (Lipinski definition) is 1. The Morgan fingerprint density at radius 1 is 1.17 bits per heavy atom. The third-order valence-corrected chi connectivity index (χ3v) is 4.62. The fourth-order valence-corrected chi connectivity index (χ4v) is 3.40. The molecule has 1 atom stereocenters. The first-order valence-electron chi connectivity index (χ1n) is 7.64. The average molecular weight is 243 g/mol. The molecule has 98 valence electrons. The van der Waals surface area contributed by atoms with Crippen LogP contribution in [0.1, 0.15) is 56.2 Å². The maximum Gasteiger partial charge on any atom is 0.0328 e. The lowest BCUT2D eigenvalue weighted by atomic mass is 9.85. The van der Waals surface area contributed by atoms with Gasteiger partial charge in [0.2, 0.25) is 0 Å². The highest BCUT2D eigenvalue weighted by atomic mass is 14.7. The highest BCUT2D eigenvalue weighted by molar-refractivity contribution is 5.27. The lowest BCUT2D eigenvalue weighted by Crippen LogP contribution is -2.24. The fourth-order valence-electron chi connectivity index (χ4n) is 3.40. The third-order valence-electron chi connectivity index (χ3n) is 4.62. The van der Waals surface area contributed by atoms with E-state index < -0.39 is 0 Å². The lowest BCUT2D eigenvalue weighted by molar-refractivity contribution is 0.335. The van der Waals surface area contributed by atoms with Crippen molar-refractivity contribution >= 4 is 0 Å². The van der Waals surface area contributed by atoms with Crippen LogP contribution in [0, 0.1) is 17.8 Å². The molecule has 1 unspecified atom stereocenters. The number of nitrogens with two attached hydrogens (primary N) is 1. The van der Waals surface area contributed by atoms with Gasteiger partial charge in [-0.05, 0) is 61.0 Å². The van der Waals surface area contributed by atoms with Crippen molar-refractivity contribution in [1.82, 2.24) is 0 Å². The monoisotopic (exact) mass is 243 g/mol. The number of hydrogen-bond donors (Lipinski definition) is 1. The number of aryl methyl sites for hydroxylation is 1. The van der Waals surface area contributed by atoms with Crippen molar-refractivity contribution in [3.8, 4) is 0 Å². The van der Waals surface area contributed by atoms with E-state index in [9.17, 15) is 0 Å². The molecule has 3 rings (SSSR count). The SMILES string of the molecule is CCCc1cccc(C(N)C(C2CC2)C2CC2)c1.